The standard InChI is InChI=1S/C25H21ClN4OS/c1-15-24-29-28-16(2)30(24)25-21(23(27-15)20-5-3-4-6-22(20)26)13-19(32-25)12-11-17-7-9-18(14-31)10-8-17/h3-10,13-15H,11-12H2,1-2H3. The van der Waals surface area contributed by atoms with Gasteiger partial charge in [-0.15, -0.1) is 21.5 Å². The van der Waals surface area contributed by atoms with E-state index >= 15 is 0 Å². The van der Waals surface area contributed by atoms with Gasteiger partial charge in [-0.1, -0.05) is 54.1 Å². The lowest BCUT2D eigenvalue weighted by Gasteiger charge is -2.09. The number of nitrogens with zero attached hydrogens (tertiary/aromatic N) is 4. The molecule has 1 atom stereocenters. The highest BCUT2D eigenvalue weighted by atomic mass is 35.5. The summed E-state index contributed by atoms with van der Waals surface area (Å²) in [5, 5.41) is 10.5. The number of carbonyl (C=O) groups excluding carboxylic acids is 1. The van der Waals surface area contributed by atoms with Crippen LogP contribution in [0.15, 0.2) is 59.6 Å². The average molecular weight is 461 g/mol. The van der Waals surface area contributed by atoms with Gasteiger partial charge >= 0.3 is 0 Å². The molecule has 4 aromatic rings. The molecular weight excluding hydrogens is 440 g/mol. The summed E-state index contributed by atoms with van der Waals surface area (Å²) >= 11 is 8.32. The van der Waals surface area contributed by atoms with Crippen LogP contribution >= 0.6 is 22.9 Å². The van der Waals surface area contributed by atoms with E-state index in [-0.39, 0.29) is 6.04 Å². The molecule has 0 bridgehead atoms. The fourth-order valence-electron chi connectivity index (χ4n) is 4.01. The second-order valence-corrected chi connectivity index (χ2v) is 9.39. The summed E-state index contributed by atoms with van der Waals surface area (Å²) in [6.45, 7) is 4.01. The van der Waals surface area contributed by atoms with Crippen LogP contribution < -0.4 is 0 Å². The number of thiophene rings is 1. The van der Waals surface area contributed by atoms with Crippen molar-refractivity contribution in [1.29, 1.82) is 0 Å². The van der Waals surface area contributed by atoms with E-state index in [2.05, 4.69) is 20.8 Å². The van der Waals surface area contributed by atoms with Crippen molar-refractivity contribution in [3.8, 4) is 5.00 Å². The highest BCUT2D eigenvalue weighted by molar-refractivity contribution is 7.15. The number of benzene rings is 2. The topological polar surface area (TPSA) is 60.1 Å². The molecule has 0 saturated carbocycles. The summed E-state index contributed by atoms with van der Waals surface area (Å²) in [6, 6.07) is 17.7. The molecule has 0 fully saturated rings. The molecule has 0 saturated heterocycles. The molecule has 2 aromatic heterocycles. The largest absolute Gasteiger partial charge is 0.298 e. The van der Waals surface area contributed by atoms with E-state index in [9.17, 15) is 4.79 Å². The number of fused-ring (bicyclic) bond motifs is 3. The molecule has 32 heavy (non-hydrogen) atoms. The number of hydrogen-bond acceptors (Lipinski definition) is 5. The highest BCUT2D eigenvalue weighted by Crippen LogP contribution is 2.37. The van der Waals surface area contributed by atoms with Crippen LogP contribution in [-0.4, -0.2) is 26.8 Å². The van der Waals surface area contributed by atoms with Crippen LogP contribution in [-0.2, 0) is 12.8 Å². The Morgan fingerprint density at radius 1 is 1.06 bits per heavy atom. The quantitative estimate of drug-likeness (QED) is 0.353. The van der Waals surface area contributed by atoms with Crippen molar-refractivity contribution >= 4 is 34.9 Å². The van der Waals surface area contributed by atoms with Crippen molar-refractivity contribution in [2.75, 3.05) is 0 Å². The SMILES string of the molecule is Cc1nnc2n1-c1sc(CCc3ccc(C=O)cc3)cc1C(c1ccccc1Cl)=NC2C. The Labute approximate surface area is 195 Å². The Hall–Kier alpha value is -3.09. The van der Waals surface area contributed by atoms with Crippen LogP contribution in [0.3, 0.4) is 0 Å². The Morgan fingerprint density at radius 2 is 1.84 bits per heavy atom. The third-order valence-electron chi connectivity index (χ3n) is 5.67. The summed E-state index contributed by atoms with van der Waals surface area (Å²) in [7, 11) is 0. The lowest BCUT2D eigenvalue weighted by atomic mass is 10.0. The van der Waals surface area contributed by atoms with Crippen molar-refractivity contribution in [2.24, 2.45) is 4.99 Å². The molecule has 3 heterocycles. The molecule has 5 nitrogen and oxygen atoms in total. The zero-order valence-electron chi connectivity index (χ0n) is 17.7. The van der Waals surface area contributed by atoms with Gasteiger partial charge in [-0.05, 0) is 44.4 Å². The number of hydrogen-bond donors (Lipinski definition) is 0. The highest BCUT2D eigenvalue weighted by Gasteiger charge is 2.28. The predicted octanol–water partition coefficient (Wildman–Crippen LogP) is 5.80. The Kier molecular flexibility index (Phi) is 5.49. The van der Waals surface area contributed by atoms with Crippen LogP contribution in [0.4, 0.5) is 0 Å². The molecule has 2 aromatic carbocycles. The third-order valence-corrected chi connectivity index (χ3v) is 7.18. The molecule has 0 radical (unpaired) electrons. The van der Waals surface area contributed by atoms with E-state index in [1.165, 1.54) is 10.4 Å². The first-order valence-corrected chi connectivity index (χ1v) is 11.7. The van der Waals surface area contributed by atoms with Gasteiger partial charge < -0.3 is 0 Å². The number of halogens is 1. The number of aryl methyl sites for hydroxylation is 3. The van der Waals surface area contributed by atoms with Gasteiger partial charge in [0.2, 0.25) is 0 Å². The molecule has 0 N–H and O–H groups in total. The van der Waals surface area contributed by atoms with Crippen molar-refractivity contribution in [2.45, 2.75) is 32.7 Å². The average Bonchev–Trinajstić information content (AvgIpc) is 3.37. The zero-order valence-corrected chi connectivity index (χ0v) is 19.3. The Balaban J connectivity index is 1.57. The van der Waals surface area contributed by atoms with Crippen LogP contribution in [0, 0.1) is 6.92 Å². The third kappa shape index (κ3) is 3.70. The maximum atomic E-state index is 10.9. The normalized spacial score (nSPS) is 15.0. The molecule has 1 aliphatic rings. The molecular formula is C25H21ClN4OS. The first kappa shape index (κ1) is 20.8. The van der Waals surface area contributed by atoms with Crippen LogP contribution in [0.2, 0.25) is 5.02 Å². The lowest BCUT2D eigenvalue weighted by molar-refractivity contribution is 0.112. The number of rotatable bonds is 5. The molecule has 5 rings (SSSR count). The van der Waals surface area contributed by atoms with E-state index < -0.39 is 0 Å². The van der Waals surface area contributed by atoms with Gasteiger partial charge in [0.25, 0.3) is 0 Å². The molecule has 1 aliphatic heterocycles. The second kappa shape index (κ2) is 8.45. The number of aliphatic imine (C=N–C) groups is 1. The first-order valence-electron chi connectivity index (χ1n) is 10.5. The summed E-state index contributed by atoms with van der Waals surface area (Å²) in [5.41, 5.74) is 4.77. The summed E-state index contributed by atoms with van der Waals surface area (Å²) in [6.07, 6.45) is 2.65. The summed E-state index contributed by atoms with van der Waals surface area (Å²) < 4.78 is 2.13. The van der Waals surface area contributed by atoms with E-state index in [0.29, 0.717) is 10.6 Å². The fourth-order valence-corrected chi connectivity index (χ4v) is 5.45. The lowest BCUT2D eigenvalue weighted by Crippen LogP contribution is -2.05. The summed E-state index contributed by atoms with van der Waals surface area (Å²) in [4.78, 5) is 17.2. The van der Waals surface area contributed by atoms with Crippen LogP contribution in [0.1, 0.15) is 56.5 Å². The van der Waals surface area contributed by atoms with Crippen molar-refractivity contribution in [1.82, 2.24) is 14.8 Å². The molecule has 0 amide bonds. The van der Waals surface area contributed by atoms with Crippen molar-refractivity contribution < 1.29 is 4.79 Å². The van der Waals surface area contributed by atoms with Gasteiger partial charge in [-0.2, -0.15) is 0 Å². The van der Waals surface area contributed by atoms with Gasteiger partial charge in [0.15, 0.2) is 5.82 Å². The molecule has 7 heteroatoms. The smallest absolute Gasteiger partial charge is 0.162 e. The fraction of sp³-hybridized carbons (Fsp3) is 0.200. The van der Waals surface area contributed by atoms with Gasteiger partial charge in [-0.25, -0.2) is 0 Å². The Morgan fingerprint density at radius 3 is 2.59 bits per heavy atom. The van der Waals surface area contributed by atoms with E-state index in [0.717, 1.165) is 52.6 Å². The van der Waals surface area contributed by atoms with Gasteiger partial charge in [0.05, 0.1) is 5.71 Å². The zero-order chi connectivity index (χ0) is 22.2. The van der Waals surface area contributed by atoms with Crippen molar-refractivity contribution in [3.05, 3.63) is 98.4 Å². The number of aromatic nitrogens is 3. The maximum absolute atomic E-state index is 10.9. The minimum absolute atomic E-state index is 0.137. The Bertz CT molecular complexity index is 1340. The van der Waals surface area contributed by atoms with Crippen LogP contribution in [0.5, 0.6) is 0 Å². The van der Waals surface area contributed by atoms with Crippen molar-refractivity contribution in [3.63, 3.8) is 0 Å². The molecule has 160 valence electrons. The minimum Gasteiger partial charge on any atom is -0.298 e. The first-order chi connectivity index (χ1) is 15.5. The minimum atomic E-state index is -0.137. The van der Waals surface area contributed by atoms with Gasteiger partial charge in [-0.3, -0.25) is 14.4 Å². The number of carbonyl (C=O) groups is 1. The number of aldehydes is 1. The predicted molar refractivity (Wildman–Crippen MR) is 129 cm³/mol. The molecule has 0 spiro atoms. The van der Waals surface area contributed by atoms with Gasteiger partial charge in [0.1, 0.15) is 23.2 Å². The van der Waals surface area contributed by atoms with E-state index in [1.54, 1.807) is 11.3 Å². The maximum Gasteiger partial charge on any atom is 0.162 e. The van der Waals surface area contributed by atoms with E-state index in [4.69, 9.17) is 16.6 Å². The monoisotopic (exact) mass is 460 g/mol. The molecule has 0 aliphatic carbocycles. The second-order valence-electron chi connectivity index (χ2n) is 7.87. The molecule has 1 unspecified atom stereocenters. The van der Waals surface area contributed by atoms with E-state index in [1.807, 2.05) is 62.4 Å². The van der Waals surface area contributed by atoms with Gasteiger partial charge in [0, 0.05) is 26.6 Å². The van der Waals surface area contributed by atoms with Crippen LogP contribution in [0.25, 0.3) is 5.00 Å². The summed E-state index contributed by atoms with van der Waals surface area (Å²) in [5.74, 6) is 1.69.